The zero-order valence-electron chi connectivity index (χ0n) is 13.5. The molecular formula is C15H16IN5O2S2. The van der Waals surface area contributed by atoms with Crippen molar-refractivity contribution in [3.05, 3.63) is 33.7 Å². The van der Waals surface area contributed by atoms with Crippen LogP contribution in [0, 0.1) is 3.57 Å². The number of sulfonamides is 1. The quantitative estimate of drug-likeness (QED) is 0.529. The number of rotatable bonds is 3. The number of aromatic nitrogens is 4. The molecule has 0 bridgehead atoms. The zero-order valence-corrected chi connectivity index (χ0v) is 17.3. The van der Waals surface area contributed by atoms with Gasteiger partial charge in [-0.15, -0.1) is 10.2 Å². The number of halogens is 1. The molecule has 1 aliphatic heterocycles. The van der Waals surface area contributed by atoms with Crippen molar-refractivity contribution in [1.82, 2.24) is 24.1 Å². The molecule has 1 fully saturated rings. The van der Waals surface area contributed by atoms with E-state index >= 15 is 0 Å². The highest BCUT2D eigenvalue weighted by Gasteiger charge is 2.30. The van der Waals surface area contributed by atoms with Gasteiger partial charge in [-0.1, -0.05) is 23.5 Å². The van der Waals surface area contributed by atoms with E-state index in [1.807, 2.05) is 18.2 Å². The SMILES string of the molecule is CS(=O)(=O)N1CCCC(c2nnc3sc(-c4cccc(I)c4)nn23)C1. The maximum absolute atomic E-state index is 11.9. The van der Waals surface area contributed by atoms with E-state index in [0.29, 0.717) is 13.1 Å². The van der Waals surface area contributed by atoms with Crippen molar-refractivity contribution < 1.29 is 8.42 Å². The van der Waals surface area contributed by atoms with Crippen LogP contribution in [-0.2, 0) is 10.0 Å². The molecule has 10 heteroatoms. The second-order valence-electron chi connectivity index (χ2n) is 6.13. The Balaban J connectivity index is 1.69. The molecule has 3 aromatic rings. The molecule has 0 aliphatic carbocycles. The molecule has 1 unspecified atom stereocenters. The van der Waals surface area contributed by atoms with Crippen molar-refractivity contribution in [1.29, 1.82) is 0 Å². The molecule has 4 rings (SSSR count). The van der Waals surface area contributed by atoms with Crippen molar-refractivity contribution >= 4 is 48.9 Å². The first kappa shape index (κ1) is 17.3. The molecular weight excluding hydrogens is 473 g/mol. The van der Waals surface area contributed by atoms with Crippen LogP contribution < -0.4 is 0 Å². The molecule has 0 saturated carbocycles. The molecule has 0 radical (unpaired) electrons. The summed E-state index contributed by atoms with van der Waals surface area (Å²) in [6.45, 7) is 1.01. The summed E-state index contributed by atoms with van der Waals surface area (Å²) in [5, 5.41) is 14.1. The molecule has 0 amide bonds. The summed E-state index contributed by atoms with van der Waals surface area (Å²) < 4.78 is 28.2. The van der Waals surface area contributed by atoms with Crippen LogP contribution in [-0.4, -0.2) is 51.9 Å². The Hall–Kier alpha value is -1.11. The maximum Gasteiger partial charge on any atom is 0.234 e. The molecule has 0 spiro atoms. The third-order valence-corrected chi connectivity index (χ3v) is 7.19. The minimum atomic E-state index is -3.19. The number of hydrogen-bond donors (Lipinski definition) is 0. The highest BCUT2D eigenvalue weighted by molar-refractivity contribution is 14.1. The fraction of sp³-hybridized carbons (Fsp3) is 0.400. The fourth-order valence-corrected chi connectivity index (χ4v) is 5.38. The average molecular weight is 489 g/mol. The summed E-state index contributed by atoms with van der Waals surface area (Å²) in [6.07, 6.45) is 2.97. The van der Waals surface area contributed by atoms with Gasteiger partial charge in [0.2, 0.25) is 15.0 Å². The number of hydrogen-bond acceptors (Lipinski definition) is 6. The van der Waals surface area contributed by atoms with Crippen molar-refractivity contribution in [2.75, 3.05) is 19.3 Å². The van der Waals surface area contributed by atoms with E-state index in [2.05, 4.69) is 44.0 Å². The molecule has 132 valence electrons. The Morgan fingerprint density at radius 1 is 1.32 bits per heavy atom. The van der Waals surface area contributed by atoms with Crippen molar-refractivity contribution in [3.8, 4) is 10.6 Å². The van der Waals surface area contributed by atoms with E-state index in [-0.39, 0.29) is 5.92 Å². The first-order valence-electron chi connectivity index (χ1n) is 7.85. The predicted molar refractivity (Wildman–Crippen MR) is 105 cm³/mol. The molecule has 7 nitrogen and oxygen atoms in total. The normalized spacial score (nSPS) is 19.5. The lowest BCUT2D eigenvalue weighted by Crippen LogP contribution is -2.38. The third-order valence-electron chi connectivity index (χ3n) is 4.30. The molecule has 3 heterocycles. The monoisotopic (exact) mass is 489 g/mol. The highest BCUT2D eigenvalue weighted by atomic mass is 127. The average Bonchev–Trinajstić information content (AvgIpc) is 3.14. The number of benzene rings is 1. The molecule has 2 aromatic heterocycles. The van der Waals surface area contributed by atoms with Crippen LogP contribution in [0.4, 0.5) is 0 Å². The minimum absolute atomic E-state index is 0.0179. The molecule has 1 saturated heterocycles. The molecule has 1 atom stereocenters. The number of piperidine rings is 1. The second-order valence-corrected chi connectivity index (χ2v) is 10.3. The summed E-state index contributed by atoms with van der Waals surface area (Å²) in [4.78, 5) is 0.736. The molecule has 0 N–H and O–H groups in total. The Bertz CT molecular complexity index is 1030. The Morgan fingerprint density at radius 2 is 2.16 bits per heavy atom. The van der Waals surface area contributed by atoms with Crippen LogP contribution in [0.3, 0.4) is 0 Å². The van der Waals surface area contributed by atoms with Crippen LogP contribution in [0.15, 0.2) is 24.3 Å². The lowest BCUT2D eigenvalue weighted by atomic mass is 9.99. The molecule has 1 aliphatic rings. The number of fused-ring (bicyclic) bond motifs is 1. The summed E-state index contributed by atoms with van der Waals surface area (Å²) >= 11 is 3.77. The summed E-state index contributed by atoms with van der Waals surface area (Å²) in [5.41, 5.74) is 1.05. The van der Waals surface area contributed by atoms with Gasteiger partial charge in [-0.05, 0) is 47.6 Å². The lowest BCUT2D eigenvalue weighted by molar-refractivity contribution is 0.309. The summed E-state index contributed by atoms with van der Waals surface area (Å²) in [5.74, 6) is 0.765. The van der Waals surface area contributed by atoms with E-state index in [1.165, 1.54) is 21.9 Å². The second kappa shape index (κ2) is 6.56. The van der Waals surface area contributed by atoms with Gasteiger partial charge in [0.15, 0.2) is 5.82 Å². The van der Waals surface area contributed by atoms with Crippen LogP contribution >= 0.6 is 33.9 Å². The van der Waals surface area contributed by atoms with Crippen molar-refractivity contribution in [3.63, 3.8) is 0 Å². The van der Waals surface area contributed by atoms with Crippen molar-refractivity contribution in [2.45, 2.75) is 18.8 Å². The Morgan fingerprint density at radius 3 is 2.92 bits per heavy atom. The third kappa shape index (κ3) is 3.44. The first-order valence-corrected chi connectivity index (χ1v) is 11.6. The van der Waals surface area contributed by atoms with Gasteiger partial charge in [-0.3, -0.25) is 0 Å². The minimum Gasteiger partial charge on any atom is -0.213 e. The first-order chi connectivity index (χ1) is 11.9. The maximum atomic E-state index is 11.9. The van der Waals surface area contributed by atoms with Gasteiger partial charge in [-0.25, -0.2) is 12.7 Å². The highest BCUT2D eigenvalue weighted by Crippen LogP contribution is 2.31. The smallest absolute Gasteiger partial charge is 0.213 e. The van der Waals surface area contributed by atoms with Crippen LogP contribution in [0.1, 0.15) is 24.6 Å². The van der Waals surface area contributed by atoms with Gasteiger partial charge in [-0.2, -0.15) is 9.61 Å². The van der Waals surface area contributed by atoms with Crippen molar-refractivity contribution in [2.24, 2.45) is 0 Å². The molecule has 25 heavy (non-hydrogen) atoms. The van der Waals surface area contributed by atoms with Gasteiger partial charge in [0.1, 0.15) is 5.01 Å². The van der Waals surface area contributed by atoms with E-state index in [4.69, 9.17) is 0 Å². The van der Waals surface area contributed by atoms with Gasteiger partial charge in [0.25, 0.3) is 0 Å². The van der Waals surface area contributed by atoms with Gasteiger partial charge < -0.3 is 0 Å². The van der Waals surface area contributed by atoms with Gasteiger partial charge in [0, 0.05) is 28.1 Å². The molecule has 1 aromatic carbocycles. The van der Waals surface area contributed by atoms with Crippen LogP contribution in [0.25, 0.3) is 15.5 Å². The predicted octanol–water partition coefficient (Wildman–Crippen LogP) is 2.60. The largest absolute Gasteiger partial charge is 0.234 e. The Labute approximate surface area is 163 Å². The van der Waals surface area contributed by atoms with E-state index in [1.54, 1.807) is 4.52 Å². The van der Waals surface area contributed by atoms with Gasteiger partial charge >= 0.3 is 0 Å². The van der Waals surface area contributed by atoms with E-state index in [0.717, 1.165) is 37.8 Å². The standard InChI is InChI=1S/C15H16IN5O2S2/c1-25(22,23)20-7-3-5-11(9-20)13-17-18-15-21(13)19-14(24-15)10-4-2-6-12(16)8-10/h2,4,6,8,11H,3,5,7,9H2,1H3. The van der Waals surface area contributed by atoms with E-state index < -0.39 is 10.0 Å². The zero-order chi connectivity index (χ0) is 17.6. The Kier molecular flexibility index (Phi) is 4.54. The van der Waals surface area contributed by atoms with Crippen LogP contribution in [0.5, 0.6) is 0 Å². The lowest BCUT2D eigenvalue weighted by Gasteiger charge is -2.29. The summed E-state index contributed by atoms with van der Waals surface area (Å²) in [6, 6.07) is 8.15. The van der Waals surface area contributed by atoms with Crippen LogP contribution in [0.2, 0.25) is 0 Å². The topological polar surface area (TPSA) is 80.5 Å². The fourth-order valence-electron chi connectivity index (χ4n) is 3.08. The summed E-state index contributed by atoms with van der Waals surface area (Å²) in [7, 11) is -3.19. The van der Waals surface area contributed by atoms with E-state index in [9.17, 15) is 8.42 Å². The van der Waals surface area contributed by atoms with Gasteiger partial charge in [0.05, 0.1) is 6.26 Å². The number of nitrogens with zero attached hydrogens (tertiary/aromatic N) is 5.